The van der Waals surface area contributed by atoms with Gasteiger partial charge in [0.15, 0.2) is 6.61 Å². The van der Waals surface area contributed by atoms with Crippen LogP contribution in [0.25, 0.3) is 0 Å². The summed E-state index contributed by atoms with van der Waals surface area (Å²) in [6, 6.07) is 0. The summed E-state index contributed by atoms with van der Waals surface area (Å²) in [5.41, 5.74) is -1.78. The van der Waals surface area contributed by atoms with Crippen molar-refractivity contribution in [3.05, 3.63) is 0 Å². The van der Waals surface area contributed by atoms with E-state index >= 15 is 0 Å². The Morgan fingerprint density at radius 2 is 1.12 bits per heavy atom. The first-order valence-corrected chi connectivity index (χ1v) is 30.7. The number of hydrogen-bond donors (Lipinski definition) is 0. The van der Waals surface area contributed by atoms with Crippen LogP contribution in [0.15, 0.2) is 0 Å². The molecule has 438 valence electrons. The van der Waals surface area contributed by atoms with Gasteiger partial charge in [-0.2, -0.15) is 8.42 Å². The fourth-order valence-electron chi connectivity index (χ4n) is 11.5. The second kappa shape index (κ2) is 25.9. The summed E-state index contributed by atoms with van der Waals surface area (Å²) in [5.74, 6) is -0.105. The first-order chi connectivity index (χ1) is 35.1. The van der Waals surface area contributed by atoms with E-state index in [4.69, 9.17) is 32.6 Å². The lowest BCUT2D eigenvalue weighted by Gasteiger charge is -2.44. The predicted octanol–water partition coefficient (Wildman–Crippen LogP) is 12.4. The van der Waals surface area contributed by atoms with Crippen molar-refractivity contribution >= 4 is 45.9 Å². The molecule has 6 unspecified atom stereocenters. The minimum Gasteiger partial charge on any atom is -0.463 e. The first kappa shape index (κ1) is 65.2. The molecule has 15 nitrogen and oxygen atoms in total. The number of esters is 6. The average molecular weight is 1100 g/mol. The third-order valence-corrected chi connectivity index (χ3v) is 20.9. The summed E-state index contributed by atoms with van der Waals surface area (Å²) >= 11 is 0. The molecule has 0 aromatic rings. The summed E-state index contributed by atoms with van der Waals surface area (Å²) in [5, 5.41) is -0.448. The van der Waals surface area contributed by atoms with Gasteiger partial charge >= 0.3 is 35.8 Å². The molecule has 5 saturated carbocycles. The standard InChI is InChI=1S/C21H38O2.C15H22O7S.C14H26O2.C10H16O4/c1-7-20(5,6)18(22)23-21(14-8-9-15-21)17-12-10-16(11-13-17)19(2,3)4;1-4-15(2,3)14(17)20-7-11(16)21-12-8-5-9-10(6-8)23(18,19)22-13(9)12;1-6-13(4,5)12(15)16-14(11(2)3)9-7-8-10-14;1-4-10(2,3)9(12)14-7-5-6-13-8(7)11/h16-17H,7-15H2,1-6H3;8-10,12-13H,4-7H2,1-3H3;11H,6-10H2,1-5H3;7H,4-6H2,1-3H3. The van der Waals surface area contributed by atoms with Gasteiger partial charge in [-0.15, -0.1) is 0 Å². The van der Waals surface area contributed by atoms with Crippen LogP contribution in [-0.4, -0.2) is 92.2 Å². The highest BCUT2D eigenvalue weighted by molar-refractivity contribution is 7.87. The highest BCUT2D eigenvalue weighted by Crippen LogP contribution is 2.56. The van der Waals surface area contributed by atoms with E-state index in [2.05, 4.69) is 41.5 Å². The zero-order chi connectivity index (χ0) is 57.5. The maximum Gasteiger partial charge on any atom is 0.347 e. The van der Waals surface area contributed by atoms with Crippen LogP contribution in [0.4, 0.5) is 0 Å². The van der Waals surface area contributed by atoms with Gasteiger partial charge in [0.25, 0.3) is 10.1 Å². The van der Waals surface area contributed by atoms with Crippen LogP contribution in [-0.2, 0) is 71.5 Å². The number of rotatable bonds is 16. The van der Waals surface area contributed by atoms with Gasteiger partial charge in [-0.3, -0.25) is 23.4 Å². The number of carbonyl (C=O) groups is 6. The molecule has 16 heteroatoms. The monoisotopic (exact) mass is 1090 g/mol. The molecule has 2 saturated heterocycles. The molecular formula is C60H102O15S. The number of carbonyl (C=O) groups excluding carboxylic acids is 6. The lowest BCUT2D eigenvalue weighted by Crippen LogP contribution is -2.45. The molecule has 2 heterocycles. The van der Waals surface area contributed by atoms with E-state index < -0.39 is 69.0 Å². The molecule has 0 spiro atoms. The molecule has 2 aliphatic heterocycles. The Morgan fingerprint density at radius 1 is 0.632 bits per heavy atom. The van der Waals surface area contributed by atoms with E-state index in [-0.39, 0.29) is 51.8 Å². The Kier molecular flexibility index (Phi) is 22.2. The van der Waals surface area contributed by atoms with Gasteiger partial charge in [-0.1, -0.05) is 62.3 Å². The maximum absolute atomic E-state index is 12.7. The summed E-state index contributed by atoms with van der Waals surface area (Å²) in [6.07, 6.45) is 17.0. The van der Waals surface area contributed by atoms with Crippen molar-refractivity contribution in [2.24, 2.45) is 56.7 Å². The van der Waals surface area contributed by atoms with Crippen molar-refractivity contribution in [3.63, 3.8) is 0 Å². The van der Waals surface area contributed by atoms with E-state index in [0.29, 0.717) is 56.0 Å². The van der Waals surface area contributed by atoms with Gasteiger partial charge in [-0.25, -0.2) is 9.59 Å². The number of fused-ring (bicyclic) bond motifs is 1. The second-order valence-electron chi connectivity index (χ2n) is 27.2. The molecular weight excluding hydrogens is 993 g/mol. The van der Waals surface area contributed by atoms with Gasteiger partial charge in [-0.05, 0) is 194 Å². The van der Waals surface area contributed by atoms with Crippen molar-refractivity contribution in [2.45, 2.75) is 274 Å². The van der Waals surface area contributed by atoms with E-state index in [1.807, 2.05) is 48.5 Å². The second-order valence-corrected chi connectivity index (χ2v) is 29.0. The Labute approximate surface area is 458 Å². The largest absolute Gasteiger partial charge is 0.463 e. The Balaban J connectivity index is 0.000000224. The third-order valence-electron chi connectivity index (χ3n) is 19.1. The Morgan fingerprint density at radius 3 is 1.59 bits per heavy atom. The average Bonchev–Trinajstić information content (AvgIpc) is 4.24. The van der Waals surface area contributed by atoms with Gasteiger partial charge in [0.05, 0.1) is 33.5 Å². The van der Waals surface area contributed by atoms with E-state index in [1.54, 1.807) is 27.7 Å². The summed E-state index contributed by atoms with van der Waals surface area (Å²) in [4.78, 5) is 71.2. The Bertz CT molecular complexity index is 2090. The van der Waals surface area contributed by atoms with Crippen LogP contribution in [0.2, 0.25) is 0 Å². The zero-order valence-electron chi connectivity index (χ0n) is 50.1. The molecule has 0 aromatic carbocycles. The molecule has 76 heavy (non-hydrogen) atoms. The summed E-state index contributed by atoms with van der Waals surface area (Å²) in [6.45, 7) is 34.3. The fourth-order valence-corrected chi connectivity index (χ4v) is 13.4. The molecule has 0 amide bonds. The van der Waals surface area contributed by atoms with E-state index in [0.717, 1.165) is 44.4 Å². The van der Waals surface area contributed by atoms with Gasteiger partial charge in [0.1, 0.15) is 23.4 Å². The molecule has 7 aliphatic rings. The molecule has 7 fully saturated rings. The topological polar surface area (TPSA) is 201 Å². The minimum absolute atomic E-state index is 0.0130. The zero-order valence-corrected chi connectivity index (χ0v) is 50.9. The van der Waals surface area contributed by atoms with E-state index in [9.17, 15) is 37.2 Å². The molecule has 6 atom stereocenters. The van der Waals surface area contributed by atoms with Crippen molar-refractivity contribution in [2.75, 3.05) is 13.2 Å². The van der Waals surface area contributed by atoms with Crippen LogP contribution < -0.4 is 0 Å². The van der Waals surface area contributed by atoms with Crippen LogP contribution in [0.5, 0.6) is 0 Å². The molecule has 0 radical (unpaired) electrons. The SMILES string of the molecule is CCC(C)(C)C(=O)OC1(C(C)C)CCCC1.CCC(C)(C)C(=O)OC1(C2CCC(C(C)(C)C)CC2)CCCC1.CCC(C)(C)C(=O)OC1CCOC1=O.CCC(C)(C)C(=O)OCC(=O)OC1C2CC3C1OS(=O)(=O)C3C2. The minimum atomic E-state index is -3.53. The lowest BCUT2D eigenvalue weighted by molar-refractivity contribution is -0.179. The summed E-state index contributed by atoms with van der Waals surface area (Å²) < 4.78 is 61.1. The van der Waals surface area contributed by atoms with E-state index in [1.165, 1.54) is 51.4 Å². The Hall–Kier alpha value is -3.27. The van der Waals surface area contributed by atoms with Crippen molar-refractivity contribution in [1.82, 2.24) is 0 Å². The quantitative estimate of drug-likeness (QED) is 0.0802. The first-order valence-electron chi connectivity index (χ1n) is 29.2. The van der Waals surface area contributed by atoms with Gasteiger partial charge in [0.2, 0.25) is 6.10 Å². The maximum atomic E-state index is 12.7. The van der Waals surface area contributed by atoms with Crippen LogP contribution in [0.1, 0.15) is 240 Å². The third kappa shape index (κ3) is 16.0. The normalized spacial score (nSPS) is 28.1. The highest BCUT2D eigenvalue weighted by atomic mass is 32.2. The van der Waals surface area contributed by atoms with Crippen molar-refractivity contribution in [1.29, 1.82) is 0 Å². The molecule has 0 aromatic heterocycles. The van der Waals surface area contributed by atoms with Crippen molar-refractivity contribution in [3.8, 4) is 0 Å². The van der Waals surface area contributed by atoms with Gasteiger partial charge in [0, 0.05) is 18.3 Å². The fraction of sp³-hybridized carbons (Fsp3) is 0.900. The van der Waals surface area contributed by atoms with Crippen LogP contribution >= 0.6 is 0 Å². The summed E-state index contributed by atoms with van der Waals surface area (Å²) in [7, 11) is -3.53. The number of hydrogen-bond acceptors (Lipinski definition) is 15. The molecule has 5 aliphatic carbocycles. The predicted molar refractivity (Wildman–Crippen MR) is 291 cm³/mol. The molecule has 2 bridgehead atoms. The molecule has 0 N–H and O–H groups in total. The van der Waals surface area contributed by atoms with Gasteiger partial charge < -0.3 is 28.4 Å². The smallest absolute Gasteiger partial charge is 0.347 e. The lowest BCUT2D eigenvalue weighted by atomic mass is 9.66. The van der Waals surface area contributed by atoms with Crippen LogP contribution in [0.3, 0.4) is 0 Å². The van der Waals surface area contributed by atoms with Crippen molar-refractivity contribution < 1.29 is 69.8 Å². The highest BCUT2D eigenvalue weighted by Gasteiger charge is 2.65. The molecule has 7 rings (SSSR count). The number of cyclic esters (lactones) is 1. The van der Waals surface area contributed by atoms with Crippen LogP contribution in [0, 0.1) is 56.7 Å². The number of ether oxygens (including phenoxy) is 6.